The van der Waals surface area contributed by atoms with E-state index in [1.807, 2.05) is 0 Å². The summed E-state index contributed by atoms with van der Waals surface area (Å²) in [6.07, 6.45) is 0. The van der Waals surface area contributed by atoms with Crippen LogP contribution in [0.15, 0.2) is 24.3 Å². The fourth-order valence-electron chi connectivity index (χ4n) is 4.29. The van der Waals surface area contributed by atoms with Gasteiger partial charge >= 0.3 is 0 Å². The molecule has 186 valence electrons. The van der Waals surface area contributed by atoms with Crippen LogP contribution in [0.4, 0.5) is 0 Å². The summed E-state index contributed by atoms with van der Waals surface area (Å²) in [5, 5.41) is -0.519. The molecular weight excluding hydrogens is 431 g/mol. The Kier molecular flexibility index (Phi) is 8.10. The molecule has 0 bridgehead atoms. The van der Waals surface area contributed by atoms with Gasteiger partial charge in [-0.15, -0.1) is 0 Å². The zero-order valence-corrected chi connectivity index (χ0v) is 25.4. The Labute approximate surface area is 218 Å². The average Bonchev–Trinajstić information content (AvgIpc) is 2.60. The molecule has 2 aromatic rings. The number of benzene rings is 2. The summed E-state index contributed by atoms with van der Waals surface area (Å²) in [5.74, 6) is 1.87. The highest BCUT2D eigenvalue weighted by atomic mass is 27.0. The number of ether oxygens (including phenoxy) is 2. The quantitative estimate of drug-likeness (QED) is 0.324. The standard InChI is InChI=1S/C31H47O2.Al/c1-20-15-22(28(3,4)5)26(23(16-20)29(6,7)8)32-19-33-27-24(30(9,10)11)17-21(2)18-25(27)31(12,13)14;/h15-19H,1-14H3;. The maximum Gasteiger partial charge on any atom is 0.266 e. The van der Waals surface area contributed by atoms with Gasteiger partial charge in [-0.2, -0.15) is 0 Å². The van der Waals surface area contributed by atoms with Crippen LogP contribution < -0.4 is 9.47 Å². The Morgan fingerprint density at radius 2 is 0.706 bits per heavy atom. The molecule has 0 saturated heterocycles. The van der Waals surface area contributed by atoms with E-state index in [1.165, 1.54) is 33.4 Å². The van der Waals surface area contributed by atoms with E-state index in [0.29, 0.717) is 0 Å². The third-order valence-electron chi connectivity index (χ3n) is 6.17. The van der Waals surface area contributed by atoms with Crippen molar-refractivity contribution in [2.24, 2.45) is 0 Å². The molecule has 0 aliphatic heterocycles. The fraction of sp³-hybridized carbons (Fsp3) is 0.613. The Balaban J connectivity index is 2.65. The molecule has 0 atom stereocenters. The second kappa shape index (κ2) is 9.56. The molecule has 2 nitrogen and oxygen atoms in total. The zero-order chi connectivity index (χ0) is 26.4. The van der Waals surface area contributed by atoms with Gasteiger partial charge in [-0.1, -0.05) is 118 Å². The molecule has 0 aromatic heterocycles. The molecule has 34 heavy (non-hydrogen) atoms. The highest BCUT2D eigenvalue weighted by Gasteiger charge is 2.31. The summed E-state index contributed by atoms with van der Waals surface area (Å²) in [6.45, 7) is 31.3. The average molecular weight is 479 g/mol. The van der Waals surface area contributed by atoms with Gasteiger partial charge in [0.1, 0.15) is 16.7 Å². The van der Waals surface area contributed by atoms with Crippen LogP contribution in [0, 0.1) is 13.8 Å². The highest BCUT2D eigenvalue weighted by Crippen LogP contribution is 2.43. The molecule has 2 aromatic carbocycles. The smallest absolute Gasteiger partial charge is 0.266 e. The SMILES string of the molecule is Cc1cc(C(C)(C)C)c(O[CH]([Al])Oc2c(C(C)(C)C)cc(C)cc2C(C)(C)C)c(C(C)(C)C)c1. The van der Waals surface area contributed by atoms with E-state index in [0.717, 1.165) is 11.5 Å². The third-order valence-corrected chi connectivity index (χ3v) is 6.44. The van der Waals surface area contributed by atoms with Gasteiger partial charge < -0.3 is 9.47 Å². The van der Waals surface area contributed by atoms with Gasteiger partial charge in [0, 0.05) is 22.3 Å². The van der Waals surface area contributed by atoms with Crippen molar-refractivity contribution in [3.63, 3.8) is 0 Å². The molecule has 0 spiro atoms. The molecule has 0 N–H and O–H groups in total. The molecule has 2 radical (unpaired) electrons. The number of aryl methyl sites for hydroxylation is 2. The van der Waals surface area contributed by atoms with Crippen molar-refractivity contribution >= 4 is 16.3 Å². The van der Waals surface area contributed by atoms with Crippen LogP contribution in [0.2, 0.25) is 0 Å². The van der Waals surface area contributed by atoms with Crippen molar-refractivity contribution in [2.75, 3.05) is 0 Å². The fourth-order valence-corrected chi connectivity index (χ4v) is 4.56. The van der Waals surface area contributed by atoms with Gasteiger partial charge in [0.15, 0.2) is 0 Å². The summed E-state index contributed by atoms with van der Waals surface area (Å²) in [6, 6.07) is 9.04. The number of hydrogen-bond acceptors (Lipinski definition) is 2. The lowest BCUT2D eigenvalue weighted by molar-refractivity contribution is 0.0696. The van der Waals surface area contributed by atoms with E-state index >= 15 is 0 Å². The summed E-state index contributed by atoms with van der Waals surface area (Å²) in [4.78, 5) is 0. The van der Waals surface area contributed by atoms with Gasteiger partial charge in [-0.25, -0.2) is 0 Å². The first-order valence-corrected chi connectivity index (χ1v) is 13.2. The lowest BCUT2D eigenvalue weighted by atomic mass is 9.78. The van der Waals surface area contributed by atoms with Crippen molar-refractivity contribution in [3.8, 4) is 11.5 Å². The van der Waals surface area contributed by atoms with Crippen LogP contribution in [-0.4, -0.2) is 21.4 Å². The van der Waals surface area contributed by atoms with E-state index in [1.54, 1.807) is 0 Å². The minimum Gasteiger partial charge on any atom is -0.473 e. The van der Waals surface area contributed by atoms with Gasteiger partial charge in [-0.3, -0.25) is 0 Å². The molecule has 0 fully saturated rings. The molecule has 3 heteroatoms. The second-order valence-electron chi connectivity index (χ2n) is 14.0. The Hall–Kier alpha value is -1.43. The van der Waals surface area contributed by atoms with Gasteiger partial charge in [0.25, 0.3) is 16.3 Å². The minimum atomic E-state index is -0.519. The Morgan fingerprint density at radius 3 is 0.882 bits per heavy atom. The van der Waals surface area contributed by atoms with Gasteiger partial charge in [0.05, 0.1) is 0 Å². The van der Waals surface area contributed by atoms with Crippen LogP contribution in [-0.2, 0) is 21.7 Å². The molecule has 0 heterocycles. The summed E-state index contributed by atoms with van der Waals surface area (Å²) >= 11 is 2.79. The van der Waals surface area contributed by atoms with E-state index in [4.69, 9.17) is 9.47 Å². The van der Waals surface area contributed by atoms with Crippen molar-refractivity contribution < 1.29 is 9.47 Å². The third kappa shape index (κ3) is 6.83. The summed E-state index contributed by atoms with van der Waals surface area (Å²) in [7, 11) is 0. The lowest BCUT2D eigenvalue weighted by Crippen LogP contribution is -2.31. The van der Waals surface area contributed by atoms with Crippen LogP contribution >= 0.6 is 0 Å². The molecule has 0 amide bonds. The van der Waals surface area contributed by atoms with Gasteiger partial charge in [0.2, 0.25) is 0 Å². The van der Waals surface area contributed by atoms with Gasteiger partial charge in [-0.05, 0) is 35.5 Å². The predicted molar refractivity (Wildman–Crippen MR) is 148 cm³/mol. The molecule has 0 aliphatic carbocycles. The minimum absolute atomic E-state index is 0.0528. The first kappa shape index (κ1) is 28.8. The van der Waals surface area contributed by atoms with E-state index in [-0.39, 0.29) is 21.7 Å². The van der Waals surface area contributed by atoms with E-state index < -0.39 is 5.15 Å². The normalized spacial score (nSPS) is 13.4. The molecule has 2 rings (SSSR count). The summed E-state index contributed by atoms with van der Waals surface area (Å²) in [5.41, 5.74) is 7.15. The maximum absolute atomic E-state index is 6.69. The molecule has 0 unspecified atom stereocenters. The van der Waals surface area contributed by atoms with Crippen molar-refractivity contribution in [1.82, 2.24) is 0 Å². The Morgan fingerprint density at radius 1 is 0.500 bits per heavy atom. The monoisotopic (exact) mass is 478 g/mol. The van der Waals surface area contributed by atoms with E-state index in [9.17, 15) is 0 Å². The van der Waals surface area contributed by atoms with Crippen LogP contribution in [0.5, 0.6) is 11.5 Å². The highest BCUT2D eigenvalue weighted by molar-refractivity contribution is 6.10. The van der Waals surface area contributed by atoms with Crippen LogP contribution in [0.3, 0.4) is 0 Å². The largest absolute Gasteiger partial charge is 0.473 e. The first-order valence-electron chi connectivity index (χ1n) is 12.5. The molecular formula is C31H47AlO2. The molecule has 0 saturated carbocycles. The first-order chi connectivity index (χ1) is 15.1. The summed E-state index contributed by atoms with van der Waals surface area (Å²) < 4.78 is 13.4. The van der Waals surface area contributed by atoms with Crippen molar-refractivity contribution in [1.29, 1.82) is 0 Å². The van der Waals surface area contributed by atoms with E-state index in [2.05, 4.69) is 137 Å². The maximum atomic E-state index is 6.69. The molecule has 0 aliphatic rings. The van der Waals surface area contributed by atoms with Crippen LogP contribution in [0.25, 0.3) is 0 Å². The second-order valence-corrected chi connectivity index (χ2v) is 14.5. The Bertz CT molecular complexity index is 868. The predicted octanol–water partition coefficient (Wildman–Crippen LogP) is 8.40. The van der Waals surface area contributed by atoms with Crippen molar-refractivity contribution in [3.05, 3.63) is 57.6 Å². The topological polar surface area (TPSA) is 18.5 Å². The number of rotatable bonds is 4. The zero-order valence-electron chi connectivity index (χ0n) is 24.3. The van der Waals surface area contributed by atoms with Crippen LogP contribution in [0.1, 0.15) is 116 Å². The van der Waals surface area contributed by atoms with Crippen molar-refractivity contribution in [2.45, 2.75) is 124 Å². The number of hydrogen-bond donors (Lipinski definition) is 0. The lowest BCUT2D eigenvalue weighted by Gasteiger charge is -2.35.